The van der Waals surface area contributed by atoms with E-state index in [1.807, 2.05) is 4.90 Å². The zero-order chi connectivity index (χ0) is 22.2. The molecule has 1 aromatic carbocycles. The highest BCUT2D eigenvalue weighted by molar-refractivity contribution is 7.96. The Labute approximate surface area is 184 Å². The van der Waals surface area contributed by atoms with Gasteiger partial charge in [-0.15, -0.1) is 0 Å². The SMILES string of the molecule is N#CC1(C(=O)N2CCN(c3ccc(N4CC(CNC(=O)S)OC4=O)cc3F)CC2)CC1. The van der Waals surface area contributed by atoms with E-state index in [0.29, 0.717) is 50.4 Å². The quantitative estimate of drug-likeness (QED) is 0.666. The number of benzene rings is 1. The Balaban J connectivity index is 1.37. The summed E-state index contributed by atoms with van der Waals surface area (Å²) in [5.74, 6) is -0.602. The summed E-state index contributed by atoms with van der Waals surface area (Å²) < 4.78 is 20.1. The third-order valence-electron chi connectivity index (χ3n) is 5.88. The number of thiol groups is 1. The smallest absolute Gasteiger partial charge is 0.414 e. The van der Waals surface area contributed by atoms with Crippen LogP contribution in [0.1, 0.15) is 12.8 Å². The first-order valence-electron chi connectivity index (χ1n) is 10.0. The van der Waals surface area contributed by atoms with Crippen molar-refractivity contribution < 1.29 is 23.5 Å². The largest absolute Gasteiger partial charge is 0.442 e. The normalized spacial score (nSPS) is 22.0. The van der Waals surface area contributed by atoms with E-state index in [0.717, 1.165) is 0 Å². The molecule has 1 N–H and O–H groups in total. The van der Waals surface area contributed by atoms with Crippen molar-refractivity contribution >= 4 is 41.2 Å². The molecule has 1 saturated carbocycles. The van der Waals surface area contributed by atoms with Gasteiger partial charge in [0.05, 0.1) is 30.5 Å². The molecule has 0 spiro atoms. The van der Waals surface area contributed by atoms with E-state index in [9.17, 15) is 24.0 Å². The topological polar surface area (TPSA) is 106 Å². The standard InChI is InChI=1S/C20H22FN5O4S/c21-15-9-13(26-11-14(30-19(26)29)10-23-18(28)31)1-2-16(15)24-5-7-25(8-6-24)17(27)20(12-22)3-4-20/h1-2,9,14H,3-8,10-11H2,(H2,23,28,31). The lowest BCUT2D eigenvalue weighted by molar-refractivity contribution is -0.135. The fourth-order valence-electron chi connectivity index (χ4n) is 3.91. The number of nitrogens with one attached hydrogen (secondary N) is 1. The molecule has 4 rings (SSSR count). The Morgan fingerprint density at radius 2 is 2.00 bits per heavy atom. The molecule has 1 aliphatic carbocycles. The van der Waals surface area contributed by atoms with Gasteiger partial charge in [-0.25, -0.2) is 9.18 Å². The number of nitrogens with zero attached hydrogens (tertiary/aromatic N) is 4. The maximum atomic E-state index is 14.9. The van der Waals surface area contributed by atoms with Gasteiger partial charge in [0.25, 0.3) is 5.24 Å². The average molecular weight is 447 g/mol. The predicted octanol–water partition coefficient (Wildman–Crippen LogP) is 1.74. The van der Waals surface area contributed by atoms with Crippen molar-refractivity contribution in [3.05, 3.63) is 24.0 Å². The number of hydrogen-bond donors (Lipinski definition) is 2. The van der Waals surface area contributed by atoms with Crippen LogP contribution in [0, 0.1) is 22.6 Å². The number of amides is 3. The number of anilines is 2. The van der Waals surface area contributed by atoms with Gasteiger partial charge >= 0.3 is 6.09 Å². The second-order valence-corrected chi connectivity index (χ2v) is 8.32. The average Bonchev–Trinajstić information content (AvgIpc) is 3.48. The van der Waals surface area contributed by atoms with Crippen LogP contribution in [0.25, 0.3) is 0 Å². The maximum absolute atomic E-state index is 14.9. The van der Waals surface area contributed by atoms with Gasteiger partial charge in [0.2, 0.25) is 5.91 Å². The van der Waals surface area contributed by atoms with Gasteiger partial charge in [-0.1, -0.05) is 12.6 Å². The molecule has 3 amide bonds. The van der Waals surface area contributed by atoms with Crippen molar-refractivity contribution in [2.24, 2.45) is 5.41 Å². The van der Waals surface area contributed by atoms with E-state index in [1.54, 1.807) is 17.0 Å². The summed E-state index contributed by atoms with van der Waals surface area (Å²) in [5, 5.41) is 11.2. The molecule has 1 atom stereocenters. The second kappa shape index (κ2) is 8.26. The minimum absolute atomic E-state index is 0.123. The Hall–Kier alpha value is -3.00. The molecule has 0 bridgehead atoms. The maximum Gasteiger partial charge on any atom is 0.414 e. The lowest BCUT2D eigenvalue weighted by Gasteiger charge is -2.37. The number of piperazine rings is 1. The van der Waals surface area contributed by atoms with Gasteiger partial charge in [-0.05, 0) is 31.0 Å². The molecular formula is C20H22FN5O4S. The Morgan fingerprint density at radius 3 is 2.58 bits per heavy atom. The molecule has 3 aliphatic rings. The van der Waals surface area contributed by atoms with Crippen molar-refractivity contribution in [2.75, 3.05) is 49.1 Å². The highest BCUT2D eigenvalue weighted by Gasteiger charge is 2.52. The van der Waals surface area contributed by atoms with E-state index >= 15 is 0 Å². The van der Waals surface area contributed by atoms with Gasteiger partial charge in [0, 0.05) is 26.2 Å². The Kier molecular flexibility index (Phi) is 5.66. The molecule has 31 heavy (non-hydrogen) atoms. The van der Waals surface area contributed by atoms with E-state index in [2.05, 4.69) is 24.0 Å². The number of hydrogen-bond acceptors (Lipinski definition) is 6. The molecule has 3 fully saturated rings. The molecule has 0 radical (unpaired) electrons. The van der Waals surface area contributed by atoms with Crippen LogP contribution in [0.3, 0.4) is 0 Å². The first-order valence-corrected chi connectivity index (χ1v) is 10.5. The first-order chi connectivity index (χ1) is 14.8. The first kappa shape index (κ1) is 21.2. The van der Waals surface area contributed by atoms with E-state index in [1.165, 1.54) is 11.0 Å². The summed E-state index contributed by atoms with van der Waals surface area (Å²) in [6.07, 6.45) is 0.0723. The fraction of sp³-hybridized carbons (Fsp3) is 0.500. The molecular weight excluding hydrogens is 425 g/mol. The van der Waals surface area contributed by atoms with Crippen LogP contribution in [0.5, 0.6) is 0 Å². The number of ether oxygens (including phenoxy) is 1. The molecule has 2 heterocycles. The molecule has 1 aromatic rings. The van der Waals surface area contributed by atoms with Crippen LogP contribution in [0.2, 0.25) is 0 Å². The summed E-state index contributed by atoms with van der Waals surface area (Å²) in [6, 6.07) is 6.65. The zero-order valence-electron chi connectivity index (χ0n) is 16.7. The monoisotopic (exact) mass is 447 g/mol. The highest BCUT2D eigenvalue weighted by Crippen LogP contribution is 2.46. The van der Waals surface area contributed by atoms with Crippen molar-refractivity contribution in [3.8, 4) is 6.07 Å². The lowest BCUT2D eigenvalue weighted by Crippen LogP contribution is -2.51. The van der Waals surface area contributed by atoms with Crippen LogP contribution in [-0.2, 0) is 9.53 Å². The third kappa shape index (κ3) is 4.25. The summed E-state index contributed by atoms with van der Waals surface area (Å²) in [6.45, 7) is 2.09. The summed E-state index contributed by atoms with van der Waals surface area (Å²) in [5.41, 5.74) is -0.0828. The molecule has 11 heteroatoms. The number of carbonyl (C=O) groups excluding carboxylic acids is 3. The predicted molar refractivity (Wildman–Crippen MR) is 112 cm³/mol. The Bertz CT molecular complexity index is 955. The van der Waals surface area contributed by atoms with Crippen molar-refractivity contribution in [1.29, 1.82) is 5.26 Å². The van der Waals surface area contributed by atoms with Gasteiger partial charge in [-0.3, -0.25) is 14.5 Å². The minimum Gasteiger partial charge on any atom is -0.442 e. The van der Waals surface area contributed by atoms with Gasteiger partial charge in [0.1, 0.15) is 17.3 Å². The minimum atomic E-state index is -0.840. The van der Waals surface area contributed by atoms with E-state index in [-0.39, 0.29) is 19.0 Å². The zero-order valence-corrected chi connectivity index (χ0v) is 17.6. The number of cyclic esters (lactones) is 1. The van der Waals surface area contributed by atoms with Crippen LogP contribution in [0.4, 0.5) is 25.4 Å². The molecule has 2 aliphatic heterocycles. The van der Waals surface area contributed by atoms with Gasteiger partial charge in [0.15, 0.2) is 0 Å². The number of nitriles is 1. The molecule has 2 saturated heterocycles. The van der Waals surface area contributed by atoms with Crippen LogP contribution in [0.15, 0.2) is 18.2 Å². The summed E-state index contributed by atoms with van der Waals surface area (Å²) in [4.78, 5) is 40.4. The number of rotatable bonds is 5. The number of halogens is 1. The second-order valence-electron chi connectivity index (χ2n) is 7.91. The van der Waals surface area contributed by atoms with Crippen LogP contribution in [-0.4, -0.2) is 67.5 Å². The molecule has 164 valence electrons. The van der Waals surface area contributed by atoms with Crippen molar-refractivity contribution in [3.63, 3.8) is 0 Å². The van der Waals surface area contributed by atoms with Crippen molar-refractivity contribution in [1.82, 2.24) is 10.2 Å². The fourth-order valence-corrected chi connectivity index (χ4v) is 4.00. The lowest BCUT2D eigenvalue weighted by atomic mass is 10.1. The molecule has 1 unspecified atom stereocenters. The molecule has 0 aromatic heterocycles. The van der Waals surface area contributed by atoms with Crippen LogP contribution < -0.4 is 15.1 Å². The third-order valence-corrected chi connectivity index (χ3v) is 6.04. The van der Waals surface area contributed by atoms with Crippen molar-refractivity contribution in [2.45, 2.75) is 18.9 Å². The van der Waals surface area contributed by atoms with Crippen LogP contribution >= 0.6 is 12.6 Å². The molecule has 9 nitrogen and oxygen atoms in total. The summed E-state index contributed by atoms with van der Waals surface area (Å²) >= 11 is 3.61. The van der Waals surface area contributed by atoms with Gasteiger partial charge in [-0.2, -0.15) is 5.26 Å². The van der Waals surface area contributed by atoms with E-state index < -0.39 is 28.7 Å². The van der Waals surface area contributed by atoms with E-state index in [4.69, 9.17) is 4.74 Å². The Morgan fingerprint density at radius 1 is 1.29 bits per heavy atom. The highest BCUT2D eigenvalue weighted by atomic mass is 32.1. The van der Waals surface area contributed by atoms with Gasteiger partial charge < -0.3 is 19.9 Å². The number of carbonyl (C=O) groups is 3. The summed E-state index contributed by atoms with van der Waals surface area (Å²) in [7, 11) is 0.